The zero-order valence-corrected chi connectivity index (χ0v) is 14.0. The van der Waals surface area contributed by atoms with Gasteiger partial charge in [0, 0.05) is 10.0 Å². The van der Waals surface area contributed by atoms with Crippen molar-refractivity contribution in [2.75, 3.05) is 6.61 Å². The van der Waals surface area contributed by atoms with Gasteiger partial charge in [-0.1, -0.05) is 39.7 Å². The molecule has 0 aromatic heterocycles. The largest absolute Gasteiger partial charge is 0.482 e. The summed E-state index contributed by atoms with van der Waals surface area (Å²) in [6.45, 7) is 1.18. The topological polar surface area (TPSA) is 52.6 Å². The molecule has 0 saturated heterocycles. The van der Waals surface area contributed by atoms with Crippen LogP contribution in [-0.4, -0.2) is 18.4 Å². The van der Waals surface area contributed by atoms with Crippen molar-refractivity contribution in [2.45, 2.75) is 6.92 Å². The van der Waals surface area contributed by atoms with Gasteiger partial charge in [-0.3, -0.25) is 4.79 Å². The zero-order chi connectivity index (χ0) is 16.1. The number of halogens is 2. The van der Waals surface area contributed by atoms with Gasteiger partial charge in [-0.15, -0.1) is 0 Å². The highest BCUT2D eigenvalue weighted by Crippen LogP contribution is 2.27. The highest BCUT2D eigenvalue weighted by Gasteiger charge is 2.10. The van der Waals surface area contributed by atoms with Crippen LogP contribution in [-0.2, 0) is 4.79 Å². The monoisotopic (exact) mass is 382 g/mol. The number of esters is 1. The fourth-order valence-corrected chi connectivity index (χ4v) is 2.37. The first-order chi connectivity index (χ1) is 10.5. The van der Waals surface area contributed by atoms with E-state index in [-0.39, 0.29) is 18.1 Å². The molecular formula is C16H12BrClO4. The number of benzene rings is 2. The van der Waals surface area contributed by atoms with Gasteiger partial charge in [0.05, 0.1) is 5.02 Å². The van der Waals surface area contributed by atoms with Crippen LogP contribution in [0.15, 0.2) is 46.9 Å². The highest BCUT2D eigenvalue weighted by atomic mass is 79.9. The molecule has 0 bridgehead atoms. The second-order valence-electron chi connectivity index (χ2n) is 4.42. The predicted molar refractivity (Wildman–Crippen MR) is 86.7 cm³/mol. The van der Waals surface area contributed by atoms with E-state index < -0.39 is 5.97 Å². The van der Waals surface area contributed by atoms with E-state index in [2.05, 4.69) is 15.9 Å². The molecule has 0 radical (unpaired) electrons. The highest BCUT2D eigenvalue weighted by molar-refractivity contribution is 9.10. The van der Waals surface area contributed by atoms with Gasteiger partial charge in [-0.05, 0) is 37.3 Å². The molecule has 4 nitrogen and oxygen atoms in total. The summed E-state index contributed by atoms with van der Waals surface area (Å²) in [4.78, 5) is 23.0. The number of ether oxygens (including phenoxy) is 2. The maximum absolute atomic E-state index is 11.8. The molecule has 0 saturated carbocycles. The molecule has 0 amide bonds. The average molecular weight is 384 g/mol. The van der Waals surface area contributed by atoms with Gasteiger partial charge in [-0.2, -0.15) is 0 Å². The molecule has 2 aromatic carbocycles. The molecule has 0 unspecified atom stereocenters. The van der Waals surface area contributed by atoms with Crippen molar-refractivity contribution in [3.05, 3.63) is 57.5 Å². The number of carbonyl (C=O) groups is 2. The van der Waals surface area contributed by atoms with Crippen LogP contribution in [0.5, 0.6) is 11.5 Å². The van der Waals surface area contributed by atoms with E-state index >= 15 is 0 Å². The van der Waals surface area contributed by atoms with Gasteiger partial charge in [-0.25, -0.2) is 4.79 Å². The van der Waals surface area contributed by atoms with Crippen LogP contribution in [0.1, 0.15) is 17.3 Å². The summed E-state index contributed by atoms with van der Waals surface area (Å²) in [7, 11) is 0. The molecule has 0 N–H and O–H groups in total. The van der Waals surface area contributed by atoms with E-state index in [1.807, 2.05) is 0 Å². The molecule has 0 aliphatic heterocycles. The van der Waals surface area contributed by atoms with Crippen molar-refractivity contribution in [3.63, 3.8) is 0 Å². The molecule has 0 atom stereocenters. The lowest BCUT2D eigenvalue weighted by atomic mass is 10.1. The van der Waals surface area contributed by atoms with Crippen LogP contribution in [0.4, 0.5) is 0 Å². The van der Waals surface area contributed by atoms with E-state index in [4.69, 9.17) is 21.1 Å². The van der Waals surface area contributed by atoms with E-state index in [0.29, 0.717) is 16.3 Å². The first kappa shape index (κ1) is 16.5. The summed E-state index contributed by atoms with van der Waals surface area (Å²) in [5.74, 6) is 0.0228. The standard InChI is InChI=1S/C16H12BrClO4/c1-10(19)11-3-2-4-13(7-11)21-9-16(20)22-15-6-5-12(17)8-14(15)18/h2-8H,9H2,1H3. The van der Waals surface area contributed by atoms with Crippen LogP contribution < -0.4 is 9.47 Å². The van der Waals surface area contributed by atoms with Crippen molar-refractivity contribution in [3.8, 4) is 11.5 Å². The summed E-state index contributed by atoms with van der Waals surface area (Å²) in [6.07, 6.45) is 0. The van der Waals surface area contributed by atoms with Crippen LogP contribution in [0, 0.1) is 0 Å². The number of hydrogen-bond donors (Lipinski definition) is 0. The second kappa shape index (κ2) is 7.42. The minimum Gasteiger partial charge on any atom is -0.482 e. The molecule has 0 fully saturated rings. The molecule has 0 aliphatic rings. The zero-order valence-electron chi connectivity index (χ0n) is 11.6. The predicted octanol–water partition coefficient (Wildman–Crippen LogP) is 4.29. The smallest absolute Gasteiger partial charge is 0.349 e. The third-order valence-corrected chi connectivity index (χ3v) is 3.50. The fraction of sp³-hybridized carbons (Fsp3) is 0.125. The summed E-state index contributed by atoms with van der Waals surface area (Å²) in [5, 5.41) is 0.321. The Kier molecular flexibility index (Phi) is 5.57. The van der Waals surface area contributed by atoms with Crippen LogP contribution in [0.3, 0.4) is 0 Å². The van der Waals surface area contributed by atoms with E-state index in [1.165, 1.54) is 6.92 Å². The second-order valence-corrected chi connectivity index (χ2v) is 5.74. The number of hydrogen-bond acceptors (Lipinski definition) is 4. The SMILES string of the molecule is CC(=O)c1cccc(OCC(=O)Oc2ccc(Br)cc2Cl)c1. The van der Waals surface area contributed by atoms with Crippen molar-refractivity contribution < 1.29 is 19.1 Å². The Morgan fingerprint density at radius 2 is 1.95 bits per heavy atom. The van der Waals surface area contributed by atoms with Gasteiger partial charge in [0.15, 0.2) is 12.4 Å². The molecule has 0 spiro atoms. The maximum atomic E-state index is 11.8. The molecule has 22 heavy (non-hydrogen) atoms. The van der Waals surface area contributed by atoms with Crippen LogP contribution in [0.2, 0.25) is 5.02 Å². The molecule has 6 heteroatoms. The van der Waals surface area contributed by atoms with Crippen molar-refractivity contribution in [2.24, 2.45) is 0 Å². The van der Waals surface area contributed by atoms with Gasteiger partial charge >= 0.3 is 5.97 Å². The van der Waals surface area contributed by atoms with Gasteiger partial charge in [0.2, 0.25) is 0 Å². The fourth-order valence-electron chi connectivity index (χ4n) is 1.66. The summed E-state index contributed by atoms with van der Waals surface area (Å²) >= 11 is 9.23. The lowest BCUT2D eigenvalue weighted by Crippen LogP contribution is -2.18. The molecule has 2 rings (SSSR count). The van der Waals surface area contributed by atoms with E-state index in [9.17, 15) is 9.59 Å². The van der Waals surface area contributed by atoms with E-state index in [1.54, 1.807) is 42.5 Å². The Labute approximate surface area is 141 Å². The third-order valence-electron chi connectivity index (χ3n) is 2.71. The van der Waals surface area contributed by atoms with E-state index in [0.717, 1.165) is 4.47 Å². The van der Waals surface area contributed by atoms with Gasteiger partial charge < -0.3 is 9.47 Å². The minimum absolute atomic E-state index is 0.0744. The van der Waals surface area contributed by atoms with Crippen molar-refractivity contribution >= 4 is 39.3 Å². The number of ketones is 1. The molecule has 114 valence electrons. The lowest BCUT2D eigenvalue weighted by molar-refractivity contribution is -0.136. The Bertz CT molecular complexity index is 715. The quantitative estimate of drug-likeness (QED) is 0.439. The Balaban J connectivity index is 1.95. The van der Waals surface area contributed by atoms with Crippen molar-refractivity contribution in [1.29, 1.82) is 0 Å². The average Bonchev–Trinajstić information content (AvgIpc) is 2.48. The van der Waals surface area contributed by atoms with Crippen molar-refractivity contribution in [1.82, 2.24) is 0 Å². The number of rotatable bonds is 5. The molecule has 0 heterocycles. The van der Waals surface area contributed by atoms with Crippen LogP contribution >= 0.6 is 27.5 Å². The number of Topliss-reactive ketones (excluding diaryl/α,β-unsaturated/α-hetero) is 1. The third kappa shape index (κ3) is 4.58. The molecule has 0 aliphatic carbocycles. The Hall–Kier alpha value is -1.85. The first-order valence-corrected chi connectivity index (χ1v) is 7.52. The normalized spacial score (nSPS) is 10.1. The minimum atomic E-state index is -0.586. The van der Waals surface area contributed by atoms with Gasteiger partial charge in [0.25, 0.3) is 0 Å². The van der Waals surface area contributed by atoms with Gasteiger partial charge in [0.1, 0.15) is 11.5 Å². The maximum Gasteiger partial charge on any atom is 0.349 e. The Morgan fingerprint density at radius 1 is 1.18 bits per heavy atom. The first-order valence-electron chi connectivity index (χ1n) is 6.35. The Morgan fingerprint density at radius 3 is 2.64 bits per heavy atom. The lowest BCUT2D eigenvalue weighted by Gasteiger charge is -2.08. The molecular weight excluding hydrogens is 372 g/mol. The van der Waals surface area contributed by atoms with Crippen LogP contribution in [0.25, 0.3) is 0 Å². The summed E-state index contributed by atoms with van der Waals surface area (Å²) < 4.78 is 11.2. The summed E-state index contributed by atoms with van der Waals surface area (Å²) in [6, 6.07) is 11.5. The summed E-state index contributed by atoms with van der Waals surface area (Å²) in [5.41, 5.74) is 0.516. The molecule has 2 aromatic rings. The number of carbonyl (C=O) groups excluding carboxylic acids is 2.